The zero-order chi connectivity index (χ0) is 27.6. The van der Waals surface area contributed by atoms with Crippen LogP contribution in [0.2, 0.25) is 0 Å². The highest BCUT2D eigenvalue weighted by Gasteiger charge is 2.14. The van der Waals surface area contributed by atoms with Crippen molar-refractivity contribution in [3.63, 3.8) is 0 Å². The third-order valence-corrected chi connectivity index (χ3v) is 5.98. The van der Waals surface area contributed by atoms with Crippen LogP contribution in [0.1, 0.15) is 16.7 Å². The number of carbonyl (C=O) groups is 1. The molecule has 0 saturated carbocycles. The molecule has 4 aromatic rings. The van der Waals surface area contributed by atoms with Crippen LogP contribution in [0, 0.1) is 11.3 Å². The number of amides is 1. The van der Waals surface area contributed by atoms with Gasteiger partial charge in [0.1, 0.15) is 11.6 Å². The van der Waals surface area contributed by atoms with Crippen LogP contribution in [0.15, 0.2) is 87.2 Å². The first kappa shape index (κ1) is 27.1. The van der Waals surface area contributed by atoms with Gasteiger partial charge in [0, 0.05) is 12.1 Å². The second kappa shape index (κ2) is 13.0. The Bertz CT molecular complexity index is 1580. The van der Waals surface area contributed by atoms with E-state index in [1.165, 1.54) is 13.3 Å². The van der Waals surface area contributed by atoms with E-state index in [1.807, 2.05) is 42.5 Å². The van der Waals surface area contributed by atoms with Crippen molar-refractivity contribution in [2.75, 3.05) is 19.1 Å². The van der Waals surface area contributed by atoms with Gasteiger partial charge >= 0.3 is 0 Å². The van der Waals surface area contributed by atoms with Gasteiger partial charge in [-0.15, -0.1) is 0 Å². The quantitative estimate of drug-likeness (QED) is 0.186. The first-order valence-electron chi connectivity index (χ1n) is 11.7. The Labute approximate surface area is 232 Å². The van der Waals surface area contributed by atoms with Crippen molar-refractivity contribution in [1.29, 1.82) is 5.26 Å². The van der Waals surface area contributed by atoms with E-state index < -0.39 is 5.56 Å². The van der Waals surface area contributed by atoms with Crippen LogP contribution in [0.25, 0.3) is 11.3 Å². The maximum Gasteiger partial charge on any atom is 0.270 e. The highest BCUT2D eigenvalue weighted by molar-refractivity contribution is 9.10. The first-order chi connectivity index (χ1) is 19.0. The van der Waals surface area contributed by atoms with E-state index in [0.29, 0.717) is 33.6 Å². The molecular weight excluding hydrogens is 564 g/mol. The number of hydrogen-bond donors (Lipinski definition) is 3. The van der Waals surface area contributed by atoms with Crippen LogP contribution in [0.5, 0.6) is 11.5 Å². The average Bonchev–Trinajstić information content (AvgIpc) is 2.96. The van der Waals surface area contributed by atoms with Gasteiger partial charge in [0.05, 0.1) is 23.5 Å². The van der Waals surface area contributed by atoms with Gasteiger partial charge in [-0.1, -0.05) is 60.7 Å². The van der Waals surface area contributed by atoms with Gasteiger partial charge < -0.3 is 14.8 Å². The number of hydrogen-bond acceptors (Lipinski definition) is 8. The smallest absolute Gasteiger partial charge is 0.270 e. The summed E-state index contributed by atoms with van der Waals surface area (Å²) in [5.41, 5.74) is 4.51. The molecule has 196 valence electrons. The van der Waals surface area contributed by atoms with E-state index in [0.717, 1.165) is 5.56 Å². The van der Waals surface area contributed by atoms with E-state index in [-0.39, 0.29) is 29.7 Å². The summed E-state index contributed by atoms with van der Waals surface area (Å²) in [6, 6.07) is 23.8. The molecule has 0 aliphatic rings. The number of nitrogens with one attached hydrogen (secondary N) is 3. The van der Waals surface area contributed by atoms with Gasteiger partial charge in [0.2, 0.25) is 5.95 Å². The molecule has 0 radical (unpaired) electrons. The molecule has 0 fully saturated rings. The van der Waals surface area contributed by atoms with Crippen molar-refractivity contribution in [2.45, 2.75) is 6.54 Å². The molecule has 0 aliphatic heterocycles. The summed E-state index contributed by atoms with van der Waals surface area (Å²) in [6.45, 7) is 0.203. The number of carbonyl (C=O) groups excluding carboxylic acids is 1. The Morgan fingerprint density at radius 1 is 1.15 bits per heavy atom. The molecule has 0 bridgehead atoms. The van der Waals surface area contributed by atoms with Gasteiger partial charge in [-0.25, -0.2) is 10.4 Å². The third-order valence-electron chi connectivity index (χ3n) is 5.39. The van der Waals surface area contributed by atoms with Gasteiger partial charge in [-0.3, -0.25) is 14.6 Å². The molecule has 0 atom stereocenters. The van der Waals surface area contributed by atoms with Crippen molar-refractivity contribution >= 4 is 34.0 Å². The van der Waals surface area contributed by atoms with Crippen molar-refractivity contribution in [3.05, 3.63) is 104 Å². The summed E-state index contributed by atoms with van der Waals surface area (Å²) < 4.78 is 11.7. The molecular formula is C28H23BrN6O4. The molecule has 0 unspecified atom stereocenters. The van der Waals surface area contributed by atoms with Crippen LogP contribution < -0.4 is 25.8 Å². The molecule has 3 aromatic carbocycles. The number of anilines is 1. The maximum absolute atomic E-state index is 12.4. The SMILES string of the molecule is COc1cc(C=NNc2nc(-c3ccccc3)c(C#N)c(=O)[nH]2)cc(Br)c1OCC(=O)NCc1ccccc1. The number of H-pyrrole nitrogens is 1. The molecule has 4 rings (SSSR count). The number of aromatic amines is 1. The van der Waals surface area contributed by atoms with Crippen LogP contribution in [-0.2, 0) is 11.3 Å². The number of rotatable bonds is 10. The number of halogens is 1. The lowest BCUT2D eigenvalue weighted by atomic mass is 10.1. The lowest BCUT2D eigenvalue weighted by Gasteiger charge is -2.13. The number of methoxy groups -OCH3 is 1. The van der Waals surface area contributed by atoms with E-state index >= 15 is 0 Å². The standard InChI is InChI=1S/C28H23BrN6O4/c1-38-23-13-19(12-22(29)26(23)39-17-24(36)31-15-18-8-4-2-5-9-18)16-32-35-28-33-25(20-10-6-3-7-11-20)21(14-30)27(37)34-28/h2-13,16H,15,17H2,1H3,(H,31,36)(H2,33,34,35,37). The summed E-state index contributed by atoms with van der Waals surface area (Å²) >= 11 is 3.45. The highest BCUT2D eigenvalue weighted by Crippen LogP contribution is 2.36. The van der Waals surface area contributed by atoms with Crippen LogP contribution in [0.3, 0.4) is 0 Å². The minimum Gasteiger partial charge on any atom is -0.493 e. The Hall–Kier alpha value is -4.95. The molecule has 1 heterocycles. The highest BCUT2D eigenvalue weighted by atomic mass is 79.9. The average molecular weight is 587 g/mol. The summed E-state index contributed by atoms with van der Waals surface area (Å²) in [5, 5.41) is 16.4. The lowest BCUT2D eigenvalue weighted by Crippen LogP contribution is -2.28. The Kier molecular flexibility index (Phi) is 9.05. The molecule has 1 aromatic heterocycles. The minimum atomic E-state index is -0.581. The molecule has 0 saturated heterocycles. The molecule has 1 amide bonds. The Morgan fingerprint density at radius 2 is 1.87 bits per heavy atom. The van der Waals surface area contributed by atoms with E-state index in [9.17, 15) is 14.9 Å². The van der Waals surface area contributed by atoms with Gasteiger partial charge in [0.15, 0.2) is 18.1 Å². The molecule has 10 nitrogen and oxygen atoms in total. The summed E-state index contributed by atoms with van der Waals surface area (Å²) in [7, 11) is 1.49. The Morgan fingerprint density at radius 3 is 2.56 bits per heavy atom. The van der Waals surface area contributed by atoms with E-state index in [4.69, 9.17) is 9.47 Å². The number of nitriles is 1. The molecule has 11 heteroatoms. The molecule has 3 N–H and O–H groups in total. The topological polar surface area (TPSA) is 141 Å². The minimum absolute atomic E-state index is 0.0709. The van der Waals surface area contributed by atoms with Crippen molar-refractivity contribution in [3.8, 4) is 28.8 Å². The van der Waals surface area contributed by atoms with Gasteiger partial charge in [-0.2, -0.15) is 10.4 Å². The third kappa shape index (κ3) is 7.09. The molecule has 39 heavy (non-hydrogen) atoms. The van der Waals surface area contributed by atoms with Crippen molar-refractivity contribution in [1.82, 2.24) is 15.3 Å². The van der Waals surface area contributed by atoms with Gasteiger partial charge in [-0.05, 0) is 39.2 Å². The number of benzene rings is 3. The first-order valence-corrected chi connectivity index (χ1v) is 12.5. The lowest BCUT2D eigenvalue weighted by molar-refractivity contribution is -0.123. The Balaban J connectivity index is 1.43. The summed E-state index contributed by atoms with van der Waals surface area (Å²) in [6.07, 6.45) is 1.49. The monoisotopic (exact) mass is 586 g/mol. The number of nitrogens with zero attached hydrogens (tertiary/aromatic N) is 3. The fourth-order valence-electron chi connectivity index (χ4n) is 3.54. The predicted molar refractivity (Wildman–Crippen MR) is 151 cm³/mol. The largest absolute Gasteiger partial charge is 0.493 e. The van der Waals surface area contributed by atoms with E-state index in [2.05, 4.69) is 41.7 Å². The second-order valence-electron chi connectivity index (χ2n) is 8.07. The van der Waals surface area contributed by atoms with Gasteiger partial charge in [0.25, 0.3) is 11.5 Å². The van der Waals surface area contributed by atoms with Crippen molar-refractivity contribution < 1.29 is 14.3 Å². The summed E-state index contributed by atoms with van der Waals surface area (Å²) in [5.74, 6) is 0.545. The zero-order valence-corrected chi connectivity index (χ0v) is 22.4. The number of aromatic nitrogens is 2. The van der Waals surface area contributed by atoms with E-state index in [1.54, 1.807) is 36.4 Å². The summed E-state index contributed by atoms with van der Waals surface area (Å²) in [4.78, 5) is 31.5. The zero-order valence-electron chi connectivity index (χ0n) is 20.8. The normalized spacial score (nSPS) is 10.6. The predicted octanol–water partition coefficient (Wildman–Crippen LogP) is 4.22. The number of hydrazone groups is 1. The van der Waals surface area contributed by atoms with Crippen molar-refractivity contribution in [2.24, 2.45) is 5.10 Å². The van der Waals surface area contributed by atoms with Crippen LogP contribution in [-0.4, -0.2) is 35.8 Å². The maximum atomic E-state index is 12.4. The second-order valence-corrected chi connectivity index (χ2v) is 8.93. The fraction of sp³-hybridized carbons (Fsp3) is 0.107. The fourth-order valence-corrected chi connectivity index (χ4v) is 4.12. The molecule has 0 aliphatic carbocycles. The van der Waals surface area contributed by atoms with Crippen LogP contribution >= 0.6 is 15.9 Å². The molecule has 0 spiro atoms. The van der Waals surface area contributed by atoms with Crippen LogP contribution in [0.4, 0.5) is 5.95 Å². The number of ether oxygens (including phenoxy) is 2.